The van der Waals surface area contributed by atoms with Crippen LogP contribution in [0.1, 0.15) is 18.4 Å². The number of ether oxygens (including phenoxy) is 1. The molecule has 0 bridgehead atoms. The van der Waals surface area contributed by atoms with E-state index in [1.807, 2.05) is 18.2 Å². The monoisotopic (exact) mass is 416 g/mol. The van der Waals surface area contributed by atoms with Gasteiger partial charge in [-0.2, -0.15) is 0 Å². The van der Waals surface area contributed by atoms with Gasteiger partial charge in [0.1, 0.15) is 0 Å². The number of hydrogen-bond donors (Lipinski definition) is 1. The maximum atomic E-state index is 11.9. The zero-order valence-electron chi connectivity index (χ0n) is 15.7. The van der Waals surface area contributed by atoms with Crippen LogP contribution in [-0.4, -0.2) is 29.6 Å². The van der Waals surface area contributed by atoms with E-state index in [2.05, 4.69) is 5.32 Å². The molecule has 152 valence electrons. The SMILES string of the molecule is O=C(COC(=O)CCCn1c(=O)oc2ccccc21)NCCc1ccc(Cl)cc1. The Labute approximate surface area is 172 Å². The molecule has 0 fully saturated rings. The van der Waals surface area contributed by atoms with E-state index in [1.165, 1.54) is 4.57 Å². The minimum absolute atomic E-state index is 0.101. The van der Waals surface area contributed by atoms with Crippen molar-refractivity contribution in [1.82, 2.24) is 9.88 Å². The first-order chi connectivity index (χ1) is 14.0. The average molecular weight is 417 g/mol. The van der Waals surface area contributed by atoms with Crippen molar-refractivity contribution in [2.24, 2.45) is 0 Å². The molecule has 3 aromatic rings. The lowest BCUT2D eigenvalue weighted by atomic mass is 10.1. The molecule has 0 aliphatic heterocycles. The Kier molecular flexibility index (Phi) is 7.08. The Morgan fingerprint density at radius 2 is 1.86 bits per heavy atom. The maximum absolute atomic E-state index is 11.9. The number of nitrogens with one attached hydrogen (secondary N) is 1. The summed E-state index contributed by atoms with van der Waals surface area (Å²) in [5.41, 5.74) is 2.25. The lowest BCUT2D eigenvalue weighted by molar-refractivity contribution is -0.148. The number of carbonyl (C=O) groups excluding carboxylic acids is 2. The third-order valence-corrected chi connectivity index (χ3v) is 4.60. The quantitative estimate of drug-likeness (QED) is 0.541. The van der Waals surface area contributed by atoms with Crippen molar-refractivity contribution in [3.63, 3.8) is 0 Å². The number of aryl methyl sites for hydroxylation is 1. The number of para-hydroxylation sites is 2. The highest BCUT2D eigenvalue weighted by Gasteiger charge is 2.11. The van der Waals surface area contributed by atoms with Crippen LogP contribution in [0.5, 0.6) is 0 Å². The molecule has 0 saturated carbocycles. The molecular weight excluding hydrogens is 396 g/mol. The van der Waals surface area contributed by atoms with E-state index < -0.39 is 11.7 Å². The summed E-state index contributed by atoms with van der Waals surface area (Å²) >= 11 is 5.83. The Morgan fingerprint density at radius 3 is 2.66 bits per heavy atom. The summed E-state index contributed by atoms with van der Waals surface area (Å²) in [7, 11) is 0. The summed E-state index contributed by atoms with van der Waals surface area (Å²) in [5.74, 6) is -1.30. The zero-order valence-corrected chi connectivity index (χ0v) is 16.5. The number of nitrogens with zero attached hydrogens (tertiary/aromatic N) is 1. The fourth-order valence-corrected chi connectivity index (χ4v) is 3.00. The number of rotatable bonds is 9. The fourth-order valence-electron chi connectivity index (χ4n) is 2.87. The van der Waals surface area contributed by atoms with Gasteiger partial charge in [0.15, 0.2) is 12.2 Å². The number of hydrogen-bond acceptors (Lipinski definition) is 5. The molecule has 1 heterocycles. The highest BCUT2D eigenvalue weighted by atomic mass is 35.5. The van der Waals surface area contributed by atoms with Crippen LogP contribution in [0.15, 0.2) is 57.7 Å². The summed E-state index contributed by atoms with van der Waals surface area (Å²) in [5, 5.41) is 3.36. The highest BCUT2D eigenvalue weighted by molar-refractivity contribution is 6.30. The van der Waals surface area contributed by atoms with E-state index in [0.717, 1.165) is 5.56 Å². The fraction of sp³-hybridized carbons (Fsp3) is 0.286. The number of carbonyl (C=O) groups is 2. The predicted molar refractivity (Wildman–Crippen MR) is 109 cm³/mol. The first-order valence-corrected chi connectivity index (χ1v) is 9.66. The third kappa shape index (κ3) is 5.96. The number of amides is 1. The Balaban J connectivity index is 1.34. The second-order valence-electron chi connectivity index (χ2n) is 6.48. The molecule has 0 atom stereocenters. The molecule has 3 rings (SSSR count). The molecule has 0 radical (unpaired) electrons. The third-order valence-electron chi connectivity index (χ3n) is 4.35. The van der Waals surface area contributed by atoms with Crippen LogP contribution >= 0.6 is 11.6 Å². The van der Waals surface area contributed by atoms with Crippen molar-refractivity contribution in [3.8, 4) is 0 Å². The van der Waals surface area contributed by atoms with Crippen LogP contribution in [-0.2, 0) is 27.3 Å². The predicted octanol–water partition coefficient (Wildman–Crippen LogP) is 2.93. The largest absolute Gasteiger partial charge is 0.456 e. The lowest BCUT2D eigenvalue weighted by Gasteiger charge is -2.07. The Hall–Kier alpha value is -3.06. The molecule has 0 saturated heterocycles. The second-order valence-corrected chi connectivity index (χ2v) is 6.91. The Morgan fingerprint density at radius 1 is 1.10 bits per heavy atom. The van der Waals surface area contributed by atoms with Crippen LogP contribution in [0, 0.1) is 0 Å². The summed E-state index contributed by atoms with van der Waals surface area (Å²) in [6, 6.07) is 14.5. The van der Waals surface area contributed by atoms with Gasteiger partial charge in [-0.15, -0.1) is 0 Å². The topological polar surface area (TPSA) is 90.5 Å². The molecular formula is C21H21ClN2O5. The molecule has 0 spiro atoms. The van der Waals surface area contributed by atoms with Gasteiger partial charge in [0.25, 0.3) is 5.91 Å². The summed E-state index contributed by atoms with van der Waals surface area (Å²) in [6.45, 7) is 0.445. The van der Waals surface area contributed by atoms with E-state index in [1.54, 1.807) is 30.3 Å². The minimum Gasteiger partial charge on any atom is -0.456 e. The average Bonchev–Trinajstić information content (AvgIpc) is 3.03. The van der Waals surface area contributed by atoms with Gasteiger partial charge < -0.3 is 14.5 Å². The van der Waals surface area contributed by atoms with E-state index in [-0.39, 0.29) is 18.9 Å². The van der Waals surface area contributed by atoms with Crippen LogP contribution in [0.3, 0.4) is 0 Å². The van der Waals surface area contributed by atoms with Crippen molar-refractivity contribution in [3.05, 3.63) is 69.7 Å². The zero-order chi connectivity index (χ0) is 20.6. The number of halogens is 1. The van der Waals surface area contributed by atoms with Crippen molar-refractivity contribution < 1.29 is 18.7 Å². The van der Waals surface area contributed by atoms with Crippen LogP contribution in [0.4, 0.5) is 0 Å². The van der Waals surface area contributed by atoms with Crippen LogP contribution in [0.2, 0.25) is 5.02 Å². The van der Waals surface area contributed by atoms with Gasteiger partial charge in [-0.3, -0.25) is 14.2 Å². The van der Waals surface area contributed by atoms with Crippen LogP contribution in [0.25, 0.3) is 11.1 Å². The molecule has 8 heteroatoms. The smallest absolute Gasteiger partial charge is 0.419 e. The van der Waals surface area contributed by atoms with Gasteiger partial charge in [0, 0.05) is 24.5 Å². The van der Waals surface area contributed by atoms with E-state index in [0.29, 0.717) is 42.1 Å². The van der Waals surface area contributed by atoms with Crippen LogP contribution < -0.4 is 11.1 Å². The summed E-state index contributed by atoms with van der Waals surface area (Å²) in [4.78, 5) is 35.5. The number of oxazole rings is 1. The second kappa shape index (κ2) is 9.93. The molecule has 2 aromatic carbocycles. The standard InChI is InChI=1S/C21H21ClN2O5/c22-16-9-7-15(8-10-16)11-12-23-19(25)14-28-20(26)6-3-13-24-17-4-1-2-5-18(17)29-21(24)27/h1-2,4-5,7-10H,3,6,11-14H2,(H,23,25). The van der Waals surface area contributed by atoms with E-state index >= 15 is 0 Å². The van der Waals surface area contributed by atoms with E-state index in [4.69, 9.17) is 20.8 Å². The number of esters is 1. The Bertz CT molecular complexity index is 1040. The number of benzene rings is 2. The van der Waals surface area contributed by atoms with Gasteiger partial charge in [-0.25, -0.2) is 4.79 Å². The molecule has 7 nitrogen and oxygen atoms in total. The van der Waals surface area contributed by atoms with Gasteiger partial charge in [-0.05, 0) is 42.7 Å². The first-order valence-electron chi connectivity index (χ1n) is 9.28. The van der Waals surface area contributed by atoms with E-state index in [9.17, 15) is 14.4 Å². The first kappa shape index (κ1) is 20.7. The van der Waals surface area contributed by atoms with Crippen molar-refractivity contribution >= 4 is 34.6 Å². The minimum atomic E-state index is -0.487. The van der Waals surface area contributed by atoms with Gasteiger partial charge in [0.05, 0.1) is 5.52 Å². The normalized spacial score (nSPS) is 10.8. The number of fused-ring (bicyclic) bond motifs is 1. The summed E-state index contributed by atoms with van der Waals surface area (Å²) < 4.78 is 11.6. The molecule has 1 aromatic heterocycles. The molecule has 0 unspecified atom stereocenters. The number of aromatic nitrogens is 1. The lowest BCUT2D eigenvalue weighted by Crippen LogP contribution is -2.30. The highest BCUT2D eigenvalue weighted by Crippen LogP contribution is 2.12. The molecule has 0 aliphatic rings. The van der Waals surface area contributed by atoms with Crippen molar-refractivity contribution in [2.75, 3.05) is 13.2 Å². The molecule has 1 N–H and O–H groups in total. The summed E-state index contributed by atoms with van der Waals surface area (Å²) in [6.07, 6.45) is 1.16. The maximum Gasteiger partial charge on any atom is 0.419 e. The molecule has 1 amide bonds. The molecule has 0 aliphatic carbocycles. The van der Waals surface area contributed by atoms with Crippen molar-refractivity contribution in [2.45, 2.75) is 25.8 Å². The van der Waals surface area contributed by atoms with Gasteiger partial charge in [0.2, 0.25) is 0 Å². The van der Waals surface area contributed by atoms with Crippen molar-refractivity contribution in [1.29, 1.82) is 0 Å². The molecule has 29 heavy (non-hydrogen) atoms. The van der Waals surface area contributed by atoms with Gasteiger partial charge >= 0.3 is 11.7 Å². The van der Waals surface area contributed by atoms with Gasteiger partial charge in [-0.1, -0.05) is 35.9 Å².